The number of benzene rings is 1. The number of nitro groups is 1. The summed E-state index contributed by atoms with van der Waals surface area (Å²) in [6.45, 7) is 0. The molecule has 2 N–H and O–H groups in total. The van der Waals surface area contributed by atoms with E-state index < -0.39 is 33.6 Å². The largest absolute Gasteiger partial charge is 0.506 e. The van der Waals surface area contributed by atoms with E-state index in [0.717, 1.165) is 12.3 Å². The van der Waals surface area contributed by atoms with Gasteiger partial charge >= 0.3 is 5.88 Å². The maximum absolute atomic E-state index is 12.4. The van der Waals surface area contributed by atoms with Crippen molar-refractivity contribution >= 4 is 28.9 Å². The predicted octanol–water partition coefficient (Wildman–Crippen LogP) is 1.51. The molecule has 1 amide bonds. The van der Waals surface area contributed by atoms with Crippen molar-refractivity contribution in [1.82, 2.24) is 9.99 Å². The zero-order chi connectivity index (χ0) is 18.8. The van der Waals surface area contributed by atoms with Crippen molar-refractivity contribution in [1.29, 1.82) is 0 Å². The Balaban J connectivity index is 1.89. The lowest BCUT2D eigenvalue weighted by Gasteiger charge is -2.10. The van der Waals surface area contributed by atoms with E-state index in [1.54, 1.807) is 24.3 Å². The molecule has 3 aromatic rings. The molecule has 0 aliphatic carbocycles. The standard InChI is InChI=1S/C16H12N4O6/c1-19-11-5-3-2-4-10(11)14(21)13(16(19)23)15(22)18-17-8-9-6-7-12(26-9)20(24)25/h2-8,21H,1H3,(H,18,22)/b17-8+. The van der Waals surface area contributed by atoms with Crippen LogP contribution in [-0.2, 0) is 7.05 Å². The van der Waals surface area contributed by atoms with Crippen molar-refractivity contribution in [3.63, 3.8) is 0 Å². The second-order valence-electron chi connectivity index (χ2n) is 5.24. The maximum atomic E-state index is 12.4. The zero-order valence-electron chi connectivity index (χ0n) is 13.4. The minimum atomic E-state index is -0.925. The number of hydrogen-bond acceptors (Lipinski definition) is 7. The first-order valence-corrected chi connectivity index (χ1v) is 7.28. The highest BCUT2D eigenvalue weighted by atomic mass is 16.6. The number of aryl methyl sites for hydroxylation is 1. The Morgan fingerprint density at radius 3 is 2.77 bits per heavy atom. The number of nitrogens with zero attached hydrogens (tertiary/aromatic N) is 3. The van der Waals surface area contributed by atoms with Crippen LogP contribution >= 0.6 is 0 Å². The highest BCUT2D eigenvalue weighted by molar-refractivity contribution is 6.02. The summed E-state index contributed by atoms with van der Waals surface area (Å²) in [7, 11) is 1.48. The van der Waals surface area contributed by atoms with Gasteiger partial charge < -0.3 is 14.1 Å². The monoisotopic (exact) mass is 356 g/mol. The lowest BCUT2D eigenvalue weighted by Crippen LogP contribution is -2.30. The molecule has 0 fully saturated rings. The first kappa shape index (κ1) is 16.9. The SMILES string of the molecule is Cn1c(=O)c(C(=O)N/N=C/c2ccc([N+](=O)[O-])o2)c(O)c2ccccc21. The summed E-state index contributed by atoms with van der Waals surface area (Å²) in [6.07, 6.45) is 1.04. The Hall–Kier alpha value is -3.95. The van der Waals surface area contributed by atoms with E-state index in [4.69, 9.17) is 4.42 Å². The molecule has 10 nitrogen and oxygen atoms in total. The minimum Gasteiger partial charge on any atom is -0.506 e. The first-order valence-electron chi connectivity index (χ1n) is 7.28. The van der Waals surface area contributed by atoms with Crippen LogP contribution in [0.1, 0.15) is 16.1 Å². The fourth-order valence-corrected chi connectivity index (χ4v) is 2.40. The molecule has 0 saturated heterocycles. The van der Waals surface area contributed by atoms with Crippen LogP contribution in [-0.4, -0.2) is 26.7 Å². The average Bonchev–Trinajstić information content (AvgIpc) is 3.09. The molecule has 0 saturated carbocycles. The molecule has 26 heavy (non-hydrogen) atoms. The molecular formula is C16H12N4O6. The number of carbonyl (C=O) groups excluding carboxylic acids is 1. The smallest absolute Gasteiger partial charge is 0.433 e. The summed E-state index contributed by atoms with van der Waals surface area (Å²) in [4.78, 5) is 34.4. The normalized spacial score (nSPS) is 11.1. The molecule has 2 aromatic heterocycles. The molecule has 0 atom stereocenters. The highest BCUT2D eigenvalue weighted by Gasteiger charge is 2.20. The summed E-state index contributed by atoms with van der Waals surface area (Å²) >= 11 is 0. The lowest BCUT2D eigenvalue weighted by molar-refractivity contribution is -0.402. The number of nitrogens with one attached hydrogen (secondary N) is 1. The number of aromatic hydroxyl groups is 1. The zero-order valence-corrected chi connectivity index (χ0v) is 13.4. The number of hydrazone groups is 1. The number of rotatable bonds is 4. The molecule has 0 unspecified atom stereocenters. The third-order valence-electron chi connectivity index (χ3n) is 3.65. The third kappa shape index (κ3) is 2.90. The molecule has 0 spiro atoms. The number of hydrogen-bond donors (Lipinski definition) is 2. The second kappa shape index (κ2) is 6.51. The Labute approximate surface area is 145 Å². The van der Waals surface area contributed by atoms with Crippen LogP contribution in [0.5, 0.6) is 5.75 Å². The van der Waals surface area contributed by atoms with Crippen molar-refractivity contribution in [3.05, 3.63) is 68.2 Å². The van der Waals surface area contributed by atoms with E-state index in [0.29, 0.717) is 10.9 Å². The molecule has 132 valence electrons. The third-order valence-corrected chi connectivity index (χ3v) is 3.65. The van der Waals surface area contributed by atoms with E-state index in [-0.39, 0.29) is 5.76 Å². The molecule has 2 heterocycles. The summed E-state index contributed by atoms with van der Waals surface area (Å²) < 4.78 is 6.08. The Morgan fingerprint density at radius 1 is 1.35 bits per heavy atom. The van der Waals surface area contributed by atoms with Crippen LogP contribution in [0.25, 0.3) is 10.9 Å². The minimum absolute atomic E-state index is 0.0348. The van der Waals surface area contributed by atoms with Gasteiger partial charge in [-0.3, -0.25) is 19.7 Å². The summed E-state index contributed by atoms with van der Waals surface area (Å²) in [5, 5.41) is 24.7. The maximum Gasteiger partial charge on any atom is 0.433 e. The molecule has 0 radical (unpaired) electrons. The van der Waals surface area contributed by atoms with E-state index in [1.165, 1.54) is 17.7 Å². The van der Waals surface area contributed by atoms with Crippen molar-refractivity contribution in [2.24, 2.45) is 12.1 Å². The van der Waals surface area contributed by atoms with Crippen LogP contribution < -0.4 is 11.0 Å². The fraction of sp³-hybridized carbons (Fsp3) is 0.0625. The number of amides is 1. The van der Waals surface area contributed by atoms with Gasteiger partial charge in [-0.15, -0.1) is 0 Å². The molecule has 10 heteroatoms. The van der Waals surface area contributed by atoms with Crippen molar-refractivity contribution in [3.8, 4) is 5.75 Å². The quantitative estimate of drug-likeness (QED) is 0.412. The number of furan rings is 1. The van der Waals surface area contributed by atoms with Crippen LogP contribution in [0, 0.1) is 10.1 Å². The molecule has 0 bridgehead atoms. The lowest BCUT2D eigenvalue weighted by atomic mass is 10.1. The van der Waals surface area contributed by atoms with E-state index in [9.17, 15) is 24.8 Å². The van der Waals surface area contributed by atoms with E-state index in [2.05, 4.69) is 10.5 Å². The van der Waals surface area contributed by atoms with Gasteiger partial charge in [0.15, 0.2) is 5.76 Å². The summed E-state index contributed by atoms with van der Waals surface area (Å²) in [5.41, 5.74) is 1.40. The van der Waals surface area contributed by atoms with Gasteiger partial charge in [-0.1, -0.05) is 12.1 Å². The molecular weight excluding hydrogens is 344 g/mol. The van der Waals surface area contributed by atoms with Crippen LogP contribution in [0.2, 0.25) is 0 Å². The molecule has 0 aliphatic heterocycles. The molecule has 1 aromatic carbocycles. The van der Waals surface area contributed by atoms with E-state index in [1.807, 2.05) is 0 Å². The molecule has 3 rings (SSSR count). The number of fused-ring (bicyclic) bond motifs is 1. The summed E-state index contributed by atoms with van der Waals surface area (Å²) in [5.74, 6) is -1.82. The Kier molecular flexibility index (Phi) is 4.23. The number of aromatic nitrogens is 1. The van der Waals surface area contributed by atoms with Gasteiger partial charge in [-0.2, -0.15) is 5.10 Å². The van der Waals surface area contributed by atoms with Gasteiger partial charge in [0.1, 0.15) is 16.2 Å². The number of carbonyl (C=O) groups is 1. The van der Waals surface area contributed by atoms with E-state index >= 15 is 0 Å². The Bertz CT molecular complexity index is 1110. The van der Waals surface area contributed by atoms with Gasteiger partial charge in [-0.25, -0.2) is 5.43 Å². The predicted molar refractivity (Wildman–Crippen MR) is 91.3 cm³/mol. The van der Waals surface area contributed by atoms with Crippen LogP contribution in [0.15, 0.2) is 50.7 Å². The van der Waals surface area contributed by atoms with Crippen molar-refractivity contribution < 1.29 is 19.2 Å². The summed E-state index contributed by atoms with van der Waals surface area (Å²) in [6, 6.07) is 9.00. The van der Waals surface area contributed by atoms with Crippen LogP contribution in [0.4, 0.5) is 5.88 Å². The van der Waals surface area contributed by atoms with Gasteiger partial charge in [0, 0.05) is 12.4 Å². The number of pyridine rings is 1. The van der Waals surface area contributed by atoms with Gasteiger partial charge in [0.2, 0.25) is 0 Å². The van der Waals surface area contributed by atoms with Gasteiger partial charge in [0.05, 0.1) is 17.8 Å². The first-order chi connectivity index (χ1) is 12.4. The second-order valence-corrected chi connectivity index (χ2v) is 5.24. The van der Waals surface area contributed by atoms with Crippen molar-refractivity contribution in [2.75, 3.05) is 0 Å². The van der Waals surface area contributed by atoms with Crippen molar-refractivity contribution in [2.45, 2.75) is 0 Å². The Morgan fingerprint density at radius 2 is 2.08 bits per heavy atom. The average molecular weight is 356 g/mol. The highest BCUT2D eigenvalue weighted by Crippen LogP contribution is 2.25. The topological polar surface area (TPSA) is 140 Å². The van der Waals surface area contributed by atoms with Gasteiger partial charge in [0.25, 0.3) is 11.5 Å². The van der Waals surface area contributed by atoms with Gasteiger partial charge in [-0.05, 0) is 18.2 Å². The number of para-hydroxylation sites is 1. The fourth-order valence-electron chi connectivity index (χ4n) is 2.40. The van der Waals surface area contributed by atoms with Crippen LogP contribution in [0.3, 0.4) is 0 Å². The molecule has 0 aliphatic rings.